The van der Waals surface area contributed by atoms with Crippen LogP contribution >= 0.6 is 11.3 Å². The number of rotatable bonds is 8. The van der Waals surface area contributed by atoms with Gasteiger partial charge in [-0.2, -0.15) is 4.98 Å². The van der Waals surface area contributed by atoms with Gasteiger partial charge in [0.15, 0.2) is 0 Å². The van der Waals surface area contributed by atoms with E-state index in [9.17, 15) is 4.79 Å². The summed E-state index contributed by atoms with van der Waals surface area (Å²) in [6, 6.07) is 12.2. The van der Waals surface area contributed by atoms with Gasteiger partial charge in [-0.1, -0.05) is 36.7 Å². The lowest BCUT2D eigenvalue weighted by Crippen LogP contribution is -2.37. The number of nitrogens with zero attached hydrogens (tertiary/aromatic N) is 3. The van der Waals surface area contributed by atoms with Gasteiger partial charge in [-0.05, 0) is 67.9 Å². The molecule has 0 radical (unpaired) electrons. The molecule has 1 aromatic carbocycles. The van der Waals surface area contributed by atoms with Gasteiger partial charge in [0.1, 0.15) is 0 Å². The minimum Gasteiger partial charge on any atom is -0.338 e. The van der Waals surface area contributed by atoms with Gasteiger partial charge in [0.25, 0.3) is 0 Å². The molecule has 158 valence electrons. The summed E-state index contributed by atoms with van der Waals surface area (Å²) in [6.07, 6.45) is 5.17. The number of hydrogen-bond donors (Lipinski definition) is 1. The average molecular weight is 425 g/mol. The van der Waals surface area contributed by atoms with Crippen molar-refractivity contribution in [3.8, 4) is 10.7 Å². The third kappa shape index (κ3) is 5.34. The smallest absolute Gasteiger partial charge is 0.241 e. The van der Waals surface area contributed by atoms with E-state index in [4.69, 9.17) is 4.52 Å². The third-order valence-electron chi connectivity index (χ3n) is 5.57. The van der Waals surface area contributed by atoms with Crippen molar-refractivity contribution in [2.45, 2.75) is 45.6 Å². The summed E-state index contributed by atoms with van der Waals surface area (Å²) in [6.45, 7) is 4.53. The maximum absolute atomic E-state index is 12.7. The van der Waals surface area contributed by atoms with Crippen molar-refractivity contribution >= 4 is 22.9 Å². The normalized spacial score (nSPS) is 15.4. The molecule has 0 aliphatic carbocycles. The molecule has 1 amide bonds. The minimum atomic E-state index is 0.0467. The van der Waals surface area contributed by atoms with Gasteiger partial charge >= 0.3 is 0 Å². The Morgan fingerprint density at radius 1 is 1.23 bits per heavy atom. The number of nitrogens with one attached hydrogen (secondary N) is 1. The van der Waals surface area contributed by atoms with Crippen LogP contribution in [0.5, 0.6) is 0 Å². The lowest BCUT2D eigenvalue weighted by Gasteiger charge is -2.30. The Labute approximate surface area is 181 Å². The van der Waals surface area contributed by atoms with Gasteiger partial charge in [0.2, 0.25) is 17.6 Å². The van der Waals surface area contributed by atoms with E-state index in [0.29, 0.717) is 18.3 Å². The fourth-order valence-corrected chi connectivity index (χ4v) is 4.40. The average Bonchev–Trinajstić information content (AvgIpc) is 3.46. The van der Waals surface area contributed by atoms with Gasteiger partial charge in [-0.15, -0.1) is 11.3 Å². The predicted octanol–water partition coefficient (Wildman–Crippen LogP) is 4.99. The molecule has 1 N–H and O–H groups in total. The van der Waals surface area contributed by atoms with Crippen molar-refractivity contribution in [2.24, 2.45) is 5.92 Å². The summed E-state index contributed by atoms with van der Waals surface area (Å²) in [5.74, 6) is 1.44. The Hall–Kier alpha value is -2.51. The summed E-state index contributed by atoms with van der Waals surface area (Å²) in [5, 5.41) is 9.15. The standard InChI is InChI=1S/C23H28N4O2S/c1-2-3-5-17-7-9-19(10-8-17)24-23(28)18-11-13-27(14-12-18)16-21-25-22(26-29-21)20-6-4-15-30-20/h4,6-10,15,18H,2-3,5,11-14,16H2,1H3,(H,24,28). The number of amides is 1. The molecule has 1 saturated heterocycles. The first-order chi connectivity index (χ1) is 14.7. The number of likely N-dealkylation sites (tertiary alicyclic amines) is 1. The molecule has 1 aliphatic rings. The van der Waals surface area contributed by atoms with Gasteiger partial charge in [-0.25, -0.2) is 0 Å². The van der Waals surface area contributed by atoms with Crippen LogP contribution in [0.1, 0.15) is 44.1 Å². The first kappa shape index (κ1) is 20.8. The molecule has 0 unspecified atom stereocenters. The molecule has 1 aliphatic heterocycles. The number of aromatic nitrogens is 2. The summed E-state index contributed by atoms with van der Waals surface area (Å²) in [7, 11) is 0. The lowest BCUT2D eigenvalue weighted by atomic mass is 9.95. The van der Waals surface area contributed by atoms with Crippen LogP contribution in [0.2, 0.25) is 0 Å². The van der Waals surface area contributed by atoms with Gasteiger partial charge < -0.3 is 9.84 Å². The molecule has 1 fully saturated rings. The zero-order chi connectivity index (χ0) is 20.8. The van der Waals surface area contributed by atoms with E-state index in [-0.39, 0.29) is 11.8 Å². The molecule has 0 bridgehead atoms. The molecule has 2 aromatic heterocycles. The van der Waals surface area contributed by atoms with Crippen LogP contribution in [0.4, 0.5) is 5.69 Å². The quantitative estimate of drug-likeness (QED) is 0.551. The van der Waals surface area contributed by atoms with Crippen molar-refractivity contribution < 1.29 is 9.32 Å². The number of carbonyl (C=O) groups is 1. The lowest BCUT2D eigenvalue weighted by molar-refractivity contribution is -0.121. The molecule has 7 heteroatoms. The zero-order valence-electron chi connectivity index (χ0n) is 17.3. The van der Waals surface area contributed by atoms with Gasteiger partial charge in [0, 0.05) is 11.6 Å². The molecule has 3 aromatic rings. The maximum Gasteiger partial charge on any atom is 0.241 e. The number of piperidine rings is 1. The number of hydrogen-bond acceptors (Lipinski definition) is 6. The second-order valence-electron chi connectivity index (χ2n) is 7.83. The number of carbonyl (C=O) groups excluding carboxylic acids is 1. The van der Waals surface area contributed by atoms with Crippen LogP contribution in [0, 0.1) is 5.92 Å². The highest BCUT2D eigenvalue weighted by molar-refractivity contribution is 7.13. The summed E-state index contributed by atoms with van der Waals surface area (Å²) >= 11 is 1.60. The Balaban J connectivity index is 1.23. The molecular formula is C23H28N4O2S. The second-order valence-corrected chi connectivity index (χ2v) is 8.78. The predicted molar refractivity (Wildman–Crippen MR) is 119 cm³/mol. The first-order valence-electron chi connectivity index (χ1n) is 10.7. The van der Waals surface area contributed by atoms with E-state index in [0.717, 1.165) is 42.9 Å². The van der Waals surface area contributed by atoms with Crippen molar-refractivity contribution in [1.82, 2.24) is 15.0 Å². The Morgan fingerprint density at radius 3 is 2.73 bits per heavy atom. The molecule has 4 rings (SSSR count). The highest BCUT2D eigenvalue weighted by atomic mass is 32.1. The van der Waals surface area contributed by atoms with Crippen LogP contribution in [-0.4, -0.2) is 34.0 Å². The molecule has 0 atom stereocenters. The van der Waals surface area contributed by atoms with Gasteiger partial charge in [-0.3, -0.25) is 9.69 Å². The molecule has 30 heavy (non-hydrogen) atoms. The second kappa shape index (κ2) is 10.00. The largest absolute Gasteiger partial charge is 0.338 e. The summed E-state index contributed by atoms with van der Waals surface area (Å²) in [4.78, 5) is 20.4. The SMILES string of the molecule is CCCCc1ccc(NC(=O)C2CCN(Cc3nc(-c4cccs4)no3)CC2)cc1. The van der Waals surface area contributed by atoms with Crippen molar-refractivity contribution in [3.05, 3.63) is 53.2 Å². The van der Waals surface area contributed by atoms with Gasteiger partial charge in [0.05, 0.1) is 11.4 Å². The third-order valence-corrected chi connectivity index (χ3v) is 6.43. The van der Waals surface area contributed by atoms with E-state index < -0.39 is 0 Å². The Bertz CT molecular complexity index is 929. The molecule has 0 spiro atoms. The fourth-order valence-electron chi connectivity index (χ4n) is 3.75. The van der Waals surface area contributed by atoms with E-state index >= 15 is 0 Å². The van der Waals surface area contributed by atoms with Crippen LogP contribution in [0.25, 0.3) is 10.7 Å². The Kier molecular flexibility index (Phi) is 6.92. The molecule has 0 saturated carbocycles. The molecular weight excluding hydrogens is 396 g/mol. The van der Waals surface area contributed by atoms with Crippen molar-refractivity contribution in [2.75, 3.05) is 18.4 Å². The number of thiophene rings is 1. The van der Waals surface area contributed by atoms with Crippen LogP contribution < -0.4 is 5.32 Å². The summed E-state index contributed by atoms with van der Waals surface area (Å²) in [5.41, 5.74) is 2.21. The van der Waals surface area contributed by atoms with E-state index in [1.165, 1.54) is 18.4 Å². The van der Waals surface area contributed by atoms with Crippen molar-refractivity contribution in [1.29, 1.82) is 0 Å². The minimum absolute atomic E-state index is 0.0467. The molecule has 3 heterocycles. The number of benzene rings is 1. The highest BCUT2D eigenvalue weighted by Crippen LogP contribution is 2.24. The van der Waals surface area contributed by atoms with Crippen LogP contribution in [-0.2, 0) is 17.8 Å². The van der Waals surface area contributed by atoms with E-state index in [1.807, 2.05) is 29.6 Å². The van der Waals surface area contributed by atoms with Crippen LogP contribution in [0.15, 0.2) is 46.3 Å². The summed E-state index contributed by atoms with van der Waals surface area (Å²) < 4.78 is 5.40. The Morgan fingerprint density at radius 2 is 2.03 bits per heavy atom. The number of anilines is 1. The van der Waals surface area contributed by atoms with E-state index in [1.54, 1.807) is 11.3 Å². The van der Waals surface area contributed by atoms with Crippen LogP contribution in [0.3, 0.4) is 0 Å². The molecule has 6 nitrogen and oxygen atoms in total. The zero-order valence-corrected chi connectivity index (χ0v) is 18.2. The fraction of sp³-hybridized carbons (Fsp3) is 0.435. The van der Waals surface area contributed by atoms with Crippen molar-refractivity contribution in [3.63, 3.8) is 0 Å². The topological polar surface area (TPSA) is 71.3 Å². The number of unbranched alkanes of at least 4 members (excludes halogenated alkanes) is 1. The van der Waals surface area contributed by atoms with E-state index in [2.05, 4.69) is 39.4 Å². The maximum atomic E-state index is 12.7. The monoisotopic (exact) mass is 424 g/mol. The highest BCUT2D eigenvalue weighted by Gasteiger charge is 2.26. The number of aryl methyl sites for hydroxylation is 1. The first-order valence-corrected chi connectivity index (χ1v) is 11.6.